The van der Waals surface area contributed by atoms with Crippen molar-refractivity contribution in [1.29, 1.82) is 0 Å². The summed E-state index contributed by atoms with van der Waals surface area (Å²) in [5.74, 6) is -0.936. The number of benzene rings is 3. The number of sulfonamides is 1. The molecule has 1 atom stereocenters. The van der Waals surface area contributed by atoms with E-state index in [0.717, 1.165) is 17.1 Å². The minimum atomic E-state index is -4.17. The van der Waals surface area contributed by atoms with Gasteiger partial charge in [0.15, 0.2) is 0 Å². The first kappa shape index (κ1) is 30.8. The normalized spacial score (nSPS) is 12.0. The van der Waals surface area contributed by atoms with Crippen molar-refractivity contribution in [3.8, 4) is 0 Å². The molecule has 0 saturated carbocycles. The van der Waals surface area contributed by atoms with Gasteiger partial charge >= 0.3 is 0 Å². The van der Waals surface area contributed by atoms with E-state index in [-0.39, 0.29) is 17.3 Å². The Morgan fingerprint density at radius 2 is 1.56 bits per heavy atom. The number of amides is 2. The van der Waals surface area contributed by atoms with Crippen LogP contribution in [0, 0.1) is 0 Å². The van der Waals surface area contributed by atoms with Gasteiger partial charge in [0.25, 0.3) is 10.0 Å². The number of rotatable bonds is 12. The molecular weight excluding hydrogens is 581 g/mol. The van der Waals surface area contributed by atoms with Crippen LogP contribution < -0.4 is 9.62 Å². The highest BCUT2D eigenvalue weighted by atomic mass is 35.5. The Bertz CT molecular complexity index is 1390. The quantitative estimate of drug-likeness (QED) is 0.248. The summed E-state index contributed by atoms with van der Waals surface area (Å²) < 4.78 is 28.5. The van der Waals surface area contributed by atoms with Crippen LogP contribution in [0.3, 0.4) is 0 Å². The van der Waals surface area contributed by atoms with Crippen LogP contribution in [-0.2, 0) is 26.2 Å². The average Bonchev–Trinajstić information content (AvgIpc) is 2.91. The maximum Gasteiger partial charge on any atom is 0.264 e. The Balaban J connectivity index is 1.99. The summed E-state index contributed by atoms with van der Waals surface area (Å²) in [6.45, 7) is 3.49. The zero-order valence-corrected chi connectivity index (χ0v) is 24.7. The van der Waals surface area contributed by atoms with Crippen molar-refractivity contribution >= 4 is 62.3 Å². The van der Waals surface area contributed by atoms with Gasteiger partial charge in [-0.05, 0) is 67.4 Å². The van der Waals surface area contributed by atoms with Crippen molar-refractivity contribution in [3.05, 3.63) is 93.4 Å². The predicted octanol–water partition coefficient (Wildman–Crippen LogP) is 6.18. The predicted molar refractivity (Wildman–Crippen MR) is 157 cm³/mol. The fourth-order valence-corrected chi connectivity index (χ4v) is 5.82. The van der Waals surface area contributed by atoms with Crippen LogP contribution in [0.25, 0.3) is 0 Å². The topological polar surface area (TPSA) is 86.8 Å². The van der Waals surface area contributed by atoms with E-state index in [0.29, 0.717) is 32.9 Å². The third-order valence-corrected chi connectivity index (χ3v) is 8.70. The lowest BCUT2D eigenvalue weighted by atomic mass is 10.1. The van der Waals surface area contributed by atoms with Gasteiger partial charge in [0.1, 0.15) is 12.6 Å². The Hall–Kier alpha value is -2.78. The third-order valence-electron chi connectivity index (χ3n) is 6.08. The van der Waals surface area contributed by atoms with E-state index >= 15 is 0 Å². The van der Waals surface area contributed by atoms with E-state index in [4.69, 9.17) is 34.8 Å². The molecule has 0 unspecified atom stereocenters. The second kappa shape index (κ2) is 14.0. The van der Waals surface area contributed by atoms with Gasteiger partial charge in [-0.15, -0.1) is 0 Å². The molecule has 0 bridgehead atoms. The molecule has 0 aliphatic carbocycles. The maximum absolute atomic E-state index is 13.9. The van der Waals surface area contributed by atoms with Crippen molar-refractivity contribution in [2.75, 3.05) is 17.4 Å². The SMILES string of the molecule is CCCCNC(=O)[C@H](C)N(Cc1ccc(Cl)cc1Cl)C(=O)CN(c1ccccc1)S(=O)(=O)c1ccc(Cl)cc1. The minimum Gasteiger partial charge on any atom is -0.354 e. The van der Waals surface area contributed by atoms with Crippen LogP contribution in [0.5, 0.6) is 0 Å². The maximum atomic E-state index is 13.9. The molecule has 0 spiro atoms. The number of unbranched alkanes of at least 4 members (excludes halogenated alkanes) is 1. The van der Waals surface area contributed by atoms with Crippen LogP contribution in [0.4, 0.5) is 5.69 Å². The molecule has 1 N–H and O–H groups in total. The lowest BCUT2D eigenvalue weighted by Gasteiger charge is -2.32. The molecular formula is C28H30Cl3N3O4S. The number of hydrogen-bond donors (Lipinski definition) is 1. The van der Waals surface area contributed by atoms with Crippen molar-refractivity contribution < 1.29 is 18.0 Å². The number of halogens is 3. The van der Waals surface area contributed by atoms with Gasteiger partial charge in [-0.1, -0.05) is 72.4 Å². The summed E-state index contributed by atoms with van der Waals surface area (Å²) in [7, 11) is -4.17. The summed E-state index contributed by atoms with van der Waals surface area (Å²) in [5, 5.41) is 3.98. The molecule has 0 radical (unpaired) electrons. The molecule has 3 aromatic rings. The van der Waals surface area contributed by atoms with Crippen molar-refractivity contribution in [1.82, 2.24) is 10.2 Å². The molecule has 39 heavy (non-hydrogen) atoms. The molecule has 0 saturated heterocycles. The van der Waals surface area contributed by atoms with Crippen LogP contribution in [-0.4, -0.2) is 44.3 Å². The Morgan fingerprint density at radius 1 is 0.923 bits per heavy atom. The van der Waals surface area contributed by atoms with Crippen LogP contribution in [0.1, 0.15) is 32.3 Å². The number of nitrogens with one attached hydrogen (secondary N) is 1. The fourth-order valence-electron chi connectivity index (χ4n) is 3.81. The molecule has 7 nitrogen and oxygen atoms in total. The molecule has 0 heterocycles. The number of carbonyl (C=O) groups excluding carboxylic acids is 2. The smallest absolute Gasteiger partial charge is 0.264 e. The van der Waals surface area contributed by atoms with E-state index in [1.807, 2.05) is 6.92 Å². The molecule has 0 aliphatic heterocycles. The number of para-hydroxylation sites is 1. The van der Waals surface area contributed by atoms with Gasteiger partial charge in [-0.2, -0.15) is 0 Å². The number of nitrogens with zero attached hydrogens (tertiary/aromatic N) is 2. The van der Waals surface area contributed by atoms with Gasteiger partial charge in [-0.25, -0.2) is 8.42 Å². The Labute approximate surface area is 244 Å². The van der Waals surface area contributed by atoms with Crippen molar-refractivity contribution in [2.45, 2.75) is 44.2 Å². The van der Waals surface area contributed by atoms with Crippen LogP contribution >= 0.6 is 34.8 Å². The van der Waals surface area contributed by atoms with E-state index < -0.39 is 28.5 Å². The highest BCUT2D eigenvalue weighted by Gasteiger charge is 2.32. The van der Waals surface area contributed by atoms with Gasteiger partial charge in [0, 0.05) is 28.2 Å². The second-order valence-electron chi connectivity index (χ2n) is 8.88. The van der Waals surface area contributed by atoms with E-state index in [9.17, 15) is 18.0 Å². The van der Waals surface area contributed by atoms with Gasteiger partial charge in [0.05, 0.1) is 10.6 Å². The number of carbonyl (C=O) groups is 2. The number of hydrogen-bond acceptors (Lipinski definition) is 4. The lowest BCUT2D eigenvalue weighted by Crippen LogP contribution is -2.51. The van der Waals surface area contributed by atoms with E-state index in [1.54, 1.807) is 55.5 Å². The van der Waals surface area contributed by atoms with E-state index in [2.05, 4.69) is 5.32 Å². The first-order chi connectivity index (χ1) is 18.5. The molecule has 0 aliphatic rings. The highest BCUT2D eigenvalue weighted by molar-refractivity contribution is 7.92. The van der Waals surface area contributed by atoms with Gasteiger partial charge < -0.3 is 10.2 Å². The van der Waals surface area contributed by atoms with E-state index in [1.165, 1.54) is 29.2 Å². The molecule has 11 heteroatoms. The van der Waals surface area contributed by atoms with Crippen molar-refractivity contribution in [2.24, 2.45) is 0 Å². The Kier molecular flexibility index (Phi) is 11.1. The molecule has 0 aromatic heterocycles. The minimum absolute atomic E-state index is 0.0267. The average molecular weight is 611 g/mol. The summed E-state index contributed by atoms with van der Waals surface area (Å²) in [6.07, 6.45) is 1.68. The van der Waals surface area contributed by atoms with Crippen molar-refractivity contribution in [3.63, 3.8) is 0 Å². The Morgan fingerprint density at radius 3 is 2.18 bits per heavy atom. The summed E-state index contributed by atoms with van der Waals surface area (Å²) in [6, 6.07) is 18.0. The van der Waals surface area contributed by atoms with Gasteiger partial charge in [-0.3, -0.25) is 13.9 Å². The summed E-state index contributed by atoms with van der Waals surface area (Å²) in [5.41, 5.74) is 0.861. The zero-order valence-electron chi connectivity index (χ0n) is 21.6. The highest BCUT2D eigenvalue weighted by Crippen LogP contribution is 2.27. The molecule has 208 valence electrons. The summed E-state index contributed by atoms with van der Waals surface area (Å²) >= 11 is 18.4. The van der Waals surface area contributed by atoms with Crippen LogP contribution in [0.2, 0.25) is 15.1 Å². The molecule has 3 aromatic carbocycles. The monoisotopic (exact) mass is 609 g/mol. The van der Waals surface area contributed by atoms with Crippen LogP contribution in [0.15, 0.2) is 77.7 Å². The first-order valence-electron chi connectivity index (χ1n) is 12.4. The standard InChI is InChI=1S/C28H30Cl3N3O4S/c1-3-4-16-32-28(36)20(2)33(18-21-10-11-23(30)17-26(21)31)27(35)19-34(24-8-6-5-7-9-24)39(37,38)25-14-12-22(29)13-15-25/h5-15,17,20H,3-4,16,18-19H2,1-2H3,(H,32,36)/t20-/m0/s1. The lowest BCUT2D eigenvalue weighted by molar-refractivity contribution is -0.139. The molecule has 3 rings (SSSR count). The molecule has 0 fully saturated rings. The second-order valence-corrected chi connectivity index (χ2v) is 12.0. The zero-order chi connectivity index (χ0) is 28.6. The number of anilines is 1. The molecule has 2 amide bonds. The van der Waals surface area contributed by atoms with Gasteiger partial charge in [0.2, 0.25) is 11.8 Å². The first-order valence-corrected chi connectivity index (χ1v) is 15.0. The third kappa shape index (κ3) is 8.11. The largest absolute Gasteiger partial charge is 0.354 e. The fraction of sp³-hybridized carbons (Fsp3) is 0.286. The summed E-state index contributed by atoms with van der Waals surface area (Å²) in [4.78, 5) is 28.2.